The molecular formula is C17H19ClN2O2S2. The molecule has 0 radical (unpaired) electrons. The minimum Gasteiger partial charge on any atom is -0.376 e. The predicted molar refractivity (Wildman–Crippen MR) is 101 cm³/mol. The van der Waals surface area contributed by atoms with Gasteiger partial charge < -0.3 is 4.74 Å². The third kappa shape index (κ3) is 3.05. The predicted octanol–water partition coefficient (Wildman–Crippen LogP) is 3.97. The van der Waals surface area contributed by atoms with Crippen molar-refractivity contribution in [3.8, 4) is 0 Å². The molecule has 0 aromatic carbocycles. The van der Waals surface area contributed by atoms with Crippen LogP contribution in [0.2, 0.25) is 0 Å². The summed E-state index contributed by atoms with van der Waals surface area (Å²) >= 11 is 9.07. The molecule has 1 aliphatic carbocycles. The number of hydrogen-bond acceptors (Lipinski definition) is 5. The minimum absolute atomic E-state index is 0.0811. The third-order valence-electron chi connectivity index (χ3n) is 4.56. The van der Waals surface area contributed by atoms with E-state index in [0.717, 1.165) is 54.1 Å². The van der Waals surface area contributed by atoms with Gasteiger partial charge in [-0.1, -0.05) is 29.9 Å². The maximum atomic E-state index is 13.2. The van der Waals surface area contributed by atoms with Crippen molar-refractivity contribution in [1.82, 2.24) is 9.55 Å². The highest BCUT2D eigenvalue weighted by Crippen LogP contribution is 2.36. The summed E-state index contributed by atoms with van der Waals surface area (Å²) in [4.78, 5) is 20.2. The van der Waals surface area contributed by atoms with Crippen LogP contribution in [0, 0.1) is 0 Å². The Kier molecular flexibility index (Phi) is 4.73. The van der Waals surface area contributed by atoms with E-state index in [-0.39, 0.29) is 11.7 Å². The van der Waals surface area contributed by atoms with E-state index in [0.29, 0.717) is 17.3 Å². The fourth-order valence-corrected chi connectivity index (χ4v) is 5.69. The van der Waals surface area contributed by atoms with E-state index in [9.17, 15) is 4.79 Å². The molecule has 0 saturated carbocycles. The van der Waals surface area contributed by atoms with Gasteiger partial charge in [0.05, 0.1) is 18.0 Å². The topological polar surface area (TPSA) is 44.1 Å². The van der Waals surface area contributed by atoms with Crippen LogP contribution in [0.4, 0.5) is 0 Å². The zero-order valence-electron chi connectivity index (χ0n) is 13.3. The second-order valence-electron chi connectivity index (χ2n) is 6.29. The monoisotopic (exact) mass is 382 g/mol. The lowest BCUT2D eigenvalue weighted by Crippen LogP contribution is -2.29. The Labute approximate surface area is 153 Å². The molecule has 7 heteroatoms. The van der Waals surface area contributed by atoms with E-state index in [1.54, 1.807) is 15.9 Å². The first-order valence-electron chi connectivity index (χ1n) is 8.26. The summed E-state index contributed by atoms with van der Waals surface area (Å²) in [7, 11) is 0. The van der Waals surface area contributed by atoms with E-state index in [4.69, 9.17) is 21.3 Å². The van der Waals surface area contributed by atoms with Crippen LogP contribution < -0.4 is 5.56 Å². The zero-order chi connectivity index (χ0) is 16.7. The number of ether oxygens (including phenoxy) is 1. The van der Waals surface area contributed by atoms with E-state index in [1.807, 2.05) is 0 Å². The van der Waals surface area contributed by atoms with Gasteiger partial charge in [-0.05, 0) is 37.7 Å². The summed E-state index contributed by atoms with van der Waals surface area (Å²) in [5.41, 5.74) is 1.31. The van der Waals surface area contributed by atoms with Crippen LogP contribution in [-0.4, -0.2) is 28.0 Å². The lowest BCUT2D eigenvalue weighted by molar-refractivity contribution is 0.0937. The van der Waals surface area contributed by atoms with Crippen LogP contribution in [0.5, 0.6) is 0 Å². The molecule has 1 atom stereocenters. The van der Waals surface area contributed by atoms with E-state index >= 15 is 0 Å². The van der Waals surface area contributed by atoms with Crippen LogP contribution in [0.25, 0.3) is 10.2 Å². The van der Waals surface area contributed by atoms with E-state index in [2.05, 4.69) is 6.58 Å². The molecular weight excluding hydrogens is 364 g/mol. The Morgan fingerprint density at radius 1 is 1.46 bits per heavy atom. The van der Waals surface area contributed by atoms with Crippen molar-refractivity contribution in [3.63, 3.8) is 0 Å². The van der Waals surface area contributed by atoms with Gasteiger partial charge in [0, 0.05) is 22.3 Å². The van der Waals surface area contributed by atoms with Crippen LogP contribution >= 0.6 is 34.7 Å². The number of aromatic nitrogens is 2. The first kappa shape index (κ1) is 16.6. The summed E-state index contributed by atoms with van der Waals surface area (Å²) in [5, 5.41) is 2.12. The molecule has 1 aliphatic heterocycles. The standard InChI is InChI=1S/C17H19ClN2O2S2/c1-10(18)9-23-17-19-15-14(12-5-2-6-13(12)24-15)16(21)20(17)8-11-4-3-7-22-11/h11H,1-9H2. The number of aryl methyl sites for hydroxylation is 2. The lowest BCUT2D eigenvalue weighted by atomic mass is 10.2. The van der Waals surface area contributed by atoms with Crippen LogP contribution in [0.3, 0.4) is 0 Å². The van der Waals surface area contributed by atoms with E-state index in [1.165, 1.54) is 22.2 Å². The summed E-state index contributed by atoms with van der Waals surface area (Å²) in [6.45, 7) is 5.09. The summed E-state index contributed by atoms with van der Waals surface area (Å²) in [6, 6.07) is 0. The summed E-state index contributed by atoms with van der Waals surface area (Å²) in [5.74, 6) is 0.552. The molecule has 4 rings (SSSR count). The summed E-state index contributed by atoms with van der Waals surface area (Å²) in [6.07, 6.45) is 5.37. The first-order valence-corrected chi connectivity index (χ1v) is 10.4. The fourth-order valence-electron chi connectivity index (χ4n) is 3.46. The quantitative estimate of drug-likeness (QED) is 0.579. The van der Waals surface area contributed by atoms with Crippen molar-refractivity contribution >= 4 is 44.9 Å². The van der Waals surface area contributed by atoms with Gasteiger partial charge in [0.1, 0.15) is 4.83 Å². The normalized spacial score (nSPS) is 20.0. The Bertz CT molecular complexity index is 852. The third-order valence-corrected chi connectivity index (χ3v) is 7.10. The van der Waals surface area contributed by atoms with Crippen LogP contribution in [0.15, 0.2) is 21.6 Å². The molecule has 0 amide bonds. The fraction of sp³-hybridized carbons (Fsp3) is 0.529. The Morgan fingerprint density at radius 2 is 2.33 bits per heavy atom. The SMILES string of the molecule is C=C(Cl)CSc1nc2sc3c(c2c(=O)n1CC1CCCO1)CCC3. The Balaban J connectivity index is 1.81. The van der Waals surface area contributed by atoms with Gasteiger partial charge in [0.25, 0.3) is 5.56 Å². The number of fused-ring (bicyclic) bond motifs is 3. The highest BCUT2D eigenvalue weighted by atomic mass is 35.5. The van der Waals surface area contributed by atoms with E-state index < -0.39 is 0 Å². The van der Waals surface area contributed by atoms with Gasteiger partial charge in [0.2, 0.25) is 0 Å². The number of nitrogens with zero attached hydrogens (tertiary/aromatic N) is 2. The molecule has 0 spiro atoms. The molecule has 4 nitrogen and oxygen atoms in total. The minimum atomic E-state index is 0.0811. The molecule has 128 valence electrons. The molecule has 2 aromatic rings. The van der Waals surface area contributed by atoms with Gasteiger partial charge >= 0.3 is 0 Å². The molecule has 0 N–H and O–H groups in total. The van der Waals surface area contributed by atoms with Crippen molar-refractivity contribution in [2.45, 2.75) is 49.9 Å². The molecule has 1 unspecified atom stereocenters. The number of halogens is 1. The van der Waals surface area contributed by atoms with Crippen LogP contribution in [0.1, 0.15) is 29.7 Å². The lowest BCUT2D eigenvalue weighted by Gasteiger charge is -2.15. The molecule has 1 saturated heterocycles. The van der Waals surface area contributed by atoms with Crippen molar-refractivity contribution in [2.24, 2.45) is 0 Å². The molecule has 24 heavy (non-hydrogen) atoms. The van der Waals surface area contributed by atoms with Crippen molar-refractivity contribution in [3.05, 3.63) is 32.4 Å². The van der Waals surface area contributed by atoms with Crippen molar-refractivity contribution in [1.29, 1.82) is 0 Å². The average molecular weight is 383 g/mol. The first-order chi connectivity index (χ1) is 11.6. The maximum Gasteiger partial charge on any atom is 0.263 e. The molecule has 3 heterocycles. The van der Waals surface area contributed by atoms with Crippen LogP contribution in [-0.2, 0) is 24.1 Å². The van der Waals surface area contributed by atoms with Gasteiger partial charge in [-0.25, -0.2) is 4.98 Å². The molecule has 2 aliphatic rings. The Morgan fingerprint density at radius 3 is 3.08 bits per heavy atom. The number of thiophene rings is 1. The number of rotatable bonds is 5. The summed E-state index contributed by atoms with van der Waals surface area (Å²) < 4.78 is 7.54. The second-order valence-corrected chi connectivity index (χ2v) is 8.85. The van der Waals surface area contributed by atoms with Crippen molar-refractivity contribution in [2.75, 3.05) is 12.4 Å². The highest BCUT2D eigenvalue weighted by Gasteiger charge is 2.25. The van der Waals surface area contributed by atoms with Gasteiger partial charge in [-0.2, -0.15) is 0 Å². The van der Waals surface area contributed by atoms with Gasteiger partial charge in [0.15, 0.2) is 5.16 Å². The van der Waals surface area contributed by atoms with Gasteiger partial charge in [-0.3, -0.25) is 9.36 Å². The number of thioether (sulfide) groups is 1. The van der Waals surface area contributed by atoms with Gasteiger partial charge in [-0.15, -0.1) is 11.3 Å². The Hall–Kier alpha value is -0.820. The maximum absolute atomic E-state index is 13.2. The smallest absolute Gasteiger partial charge is 0.263 e. The zero-order valence-corrected chi connectivity index (χ0v) is 15.7. The molecule has 2 aromatic heterocycles. The molecule has 0 bridgehead atoms. The largest absolute Gasteiger partial charge is 0.376 e. The molecule has 1 fully saturated rings. The van der Waals surface area contributed by atoms with Crippen molar-refractivity contribution < 1.29 is 4.74 Å². The average Bonchev–Trinajstić information content (AvgIpc) is 3.24. The second kappa shape index (κ2) is 6.83. The number of hydrogen-bond donors (Lipinski definition) is 0. The highest BCUT2D eigenvalue weighted by molar-refractivity contribution is 7.99.